The van der Waals surface area contributed by atoms with Gasteiger partial charge in [-0.3, -0.25) is 4.79 Å². The van der Waals surface area contributed by atoms with Crippen LogP contribution in [0.4, 0.5) is 0 Å². The number of hydrogen-bond acceptors (Lipinski definition) is 3. The summed E-state index contributed by atoms with van der Waals surface area (Å²) in [6.45, 7) is 0. The average Bonchev–Trinajstić information content (AvgIpc) is 2.39. The van der Waals surface area contributed by atoms with Gasteiger partial charge in [-0.2, -0.15) is 0 Å². The maximum absolute atomic E-state index is 12.2. The molecule has 2 aromatic carbocycles. The van der Waals surface area contributed by atoms with Gasteiger partial charge in [-0.1, -0.05) is 30.3 Å². The molecule has 1 radical (unpaired) electrons. The van der Waals surface area contributed by atoms with Gasteiger partial charge in [0.2, 0.25) is 16.1 Å². The molecule has 3 nitrogen and oxygen atoms in total. The number of sulfone groups is 1. The lowest BCUT2D eigenvalue weighted by Crippen LogP contribution is -2.05. The van der Waals surface area contributed by atoms with Crippen molar-refractivity contribution in [2.24, 2.45) is 0 Å². The van der Waals surface area contributed by atoms with Gasteiger partial charge in [-0.25, -0.2) is 8.42 Å². The fourth-order valence-electron chi connectivity index (χ4n) is 1.51. The SMILES string of the molecule is O=[C]c1ccccc1S(=O)(=O)c1ccccc1. The van der Waals surface area contributed by atoms with Crippen LogP contribution in [0.3, 0.4) is 0 Å². The molecule has 0 spiro atoms. The molecule has 0 N–H and O–H groups in total. The highest BCUT2D eigenvalue weighted by atomic mass is 32.2. The van der Waals surface area contributed by atoms with Crippen LogP contribution in [0.2, 0.25) is 0 Å². The van der Waals surface area contributed by atoms with E-state index in [1.807, 2.05) is 0 Å². The first-order valence-electron chi connectivity index (χ1n) is 4.93. The fourth-order valence-corrected chi connectivity index (χ4v) is 2.94. The van der Waals surface area contributed by atoms with Gasteiger partial charge in [0, 0.05) is 5.56 Å². The van der Waals surface area contributed by atoms with E-state index in [0.717, 1.165) is 0 Å². The van der Waals surface area contributed by atoms with Gasteiger partial charge in [0.1, 0.15) is 0 Å². The van der Waals surface area contributed by atoms with E-state index < -0.39 is 9.84 Å². The van der Waals surface area contributed by atoms with Crippen molar-refractivity contribution in [2.75, 3.05) is 0 Å². The lowest BCUT2D eigenvalue weighted by molar-refractivity contribution is 0.560. The molecule has 17 heavy (non-hydrogen) atoms. The molecule has 0 aliphatic heterocycles. The average molecular weight is 245 g/mol. The number of rotatable bonds is 3. The largest absolute Gasteiger partial charge is 0.285 e. The van der Waals surface area contributed by atoms with Crippen molar-refractivity contribution in [1.82, 2.24) is 0 Å². The van der Waals surface area contributed by atoms with E-state index in [1.54, 1.807) is 36.6 Å². The number of benzene rings is 2. The number of carbonyl (C=O) groups excluding carboxylic acids is 1. The Morgan fingerprint density at radius 3 is 2.06 bits per heavy atom. The molecule has 0 aromatic heterocycles. The van der Waals surface area contributed by atoms with E-state index >= 15 is 0 Å². The third-order valence-electron chi connectivity index (χ3n) is 2.34. The zero-order chi connectivity index (χ0) is 12.3. The van der Waals surface area contributed by atoms with Gasteiger partial charge < -0.3 is 0 Å². The predicted octanol–water partition coefficient (Wildman–Crippen LogP) is 1.98. The Balaban J connectivity index is 2.65. The monoisotopic (exact) mass is 245 g/mol. The maximum atomic E-state index is 12.2. The zero-order valence-corrected chi connectivity index (χ0v) is 9.65. The van der Waals surface area contributed by atoms with Crippen molar-refractivity contribution in [2.45, 2.75) is 9.79 Å². The third kappa shape index (κ3) is 2.12. The van der Waals surface area contributed by atoms with Crippen LogP contribution in [0.1, 0.15) is 5.56 Å². The molecular formula is C13H9O3S. The summed E-state index contributed by atoms with van der Waals surface area (Å²) in [4.78, 5) is 10.9. The highest BCUT2D eigenvalue weighted by Crippen LogP contribution is 2.22. The van der Waals surface area contributed by atoms with Gasteiger partial charge in [0.05, 0.1) is 9.79 Å². The van der Waals surface area contributed by atoms with Crippen molar-refractivity contribution in [3.63, 3.8) is 0 Å². The van der Waals surface area contributed by atoms with Crippen LogP contribution in [-0.2, 0) is 14.6 Å². The van der Waals surface area contributed by atoms with Gasteiger partial charge in [-0.05, 0) is 24.3 Å². The Hall–Kier alpha value is -1.94. The van der Waals surface area contributed by atoms with Crippen molar-refractivity contribution in [1.29, 1.82) is 0 Å². The molecule has 0 aliphatic carbocycles. The molecule has 0 aliphatic rings. The van der Waals surface area contributed by atoms with Gasteiger partial charge in [-0.15, -0.1) is 0 Å². The van der Waals surface area contributed by atoms with Crippen LogP contribution in [0.5, 0.6) is 0 Å². The molecule has 0 amide bonds. The van der Waals surface area contributed by atoms with Crippen molar-refractivity contribution in [3.05, 3.63) is 60.2 Å². The quantitative estimate of drug-likeness (QED) is 0.830. The normalized spacial score (nSPS) is 11.1. The van der Waals surface area contributed by atoms with E-state index in [0.29, 0.717) is 0 Å². The molecule has 2 rings (SSSR count). The van der Waals surface area contributed by atoms with Crippen LogP contribution in [0.15, 0.2) is 64.4 Å². The minimum Gasteiger partial charge on any atom is -0.285 e. The molecule has 0 atom stereocenters. The summed E-state index contributed by atoms with van der Waals surface area (Å²) < 4.78 is 24.5. The Kier molecular flexibility index (Phi) is 3.06. The van der Waals surface area contributed by atoms with E-state index in [2.05, 4.69) is 0 Å². The molecule has 4 heteroatoms. The van der Waals surface area contributed by atoms with Crippen molar-refractivity contribution < 1.29 is 13.2 Å². The number of hydrogen-bond donors (Lipinski definition) is 0. The van der Waals surface area contributed by atoms with Crippen molar-refractivity contribution >= 4 is 16.1 Å². The molecule has 0 fully saturated rings. The molecular weight excluding hydrogens is 236 g/mol. The second-order valence-electron chi connectivity index (χ2n) is 3.41. The smallest absolute Gasteiger partial charge is 0.234 e. The predicted molar refractivity (Wildman–Crippen MR) is 63.1 cm³/mol. The van der Waals surface area contributed by atoms with E-state index in [9.17, 15) is 13.2 Å². The van der Waals surface area contributed by atoms with E-state index in [4.69, 9.17) is 0 Å². The summed E-state index contributed by atoms with van der Waals surface area (Å²) in [5.74, 6) is 0. The van der Waals surface area contributed by atoms with Gasteiger partial charge >= 0.3 is 0 Å². The van der Waals surface area contributed by atoms with Crippen LogP contribution >= 0.6 is 0 Å². The van der Waals surface area contributed by atoms with E-state index in [1.165, 1.54) is 24.3 Å². The highest BCUT2D eigenvalue weighted by molar-refractivity contribution is 7.91. The first-order chi connectivity index (χ1) is 8.16. The van der Waals surface area contributed by atoms with Crippen LogP contribution in [0.25, 0.3) is 0 Å². The molecule has 0 saturated heterocycles. The van der Waals surface area contributed by atoms with Crippen LogP contribution in [-0.4, -0.2) is 14.7 Å². The maximum Gasteiger partial charge on any atom is 0.234 e. The Bertz CT molecular complexity index is 631. The first-order valence-corrected chi connectivity index (χ1v) is 6.42. The summed E-state index contributed by atoms with van der Waals surface area (Å²) in [6.07, 6.45) is 1.64. The Labute approximate surface area is 99.6 Å². The molecule has 0 saturated carbocycles. The third-order valence-corrected chi connectivity index (χ3v) is 4.17. The fraction of sp³-hybridized carbons (Fsp3) is 0. The summed E-state index contributed by atoms with van der Waals surface area (Å²) in [5, 5.41) is 0. The van der Waals surface area contributed by atoms with Gasteiger partial charge in [0.25, 0.3) is 0 Å². The summed E-state index contributed by atoms with van der Waals surface area (Å²) in [6, 6.07) is 14.0. The topological polar surface area (TPSA) is 51.2 Å². The van der Waals surface area contributed by atoms with Crippen LogP contribution < -0.4 is 0 Å². The zero-order valence-electron chi connectivity index (χ0n) is 8.83. The second kappa shape index (κ2) is 4.51. The molecule has 2 aromatic rings. The standard InChI is InChI=1S/C13H9O3S/c14-10-11-6-4-5-9-13(11)17(15,16)12-7-2-1-3-8-12/h1-9H. The van der Waals surface area contributed by atoms with Crippen LogP contribution in [0, 0.1) is 0 Å². The Morgan fingerprint density at radius 2 is 1.41 bits per heavy atom. The molecule has 85 valence electrons. The molecule has 0 bridgehead atoms. The van der Waals surface area contributed by atoms with Gasteiger partial charge in [0.15, 0.2) is 0 Å². The van der Waals surface area contributed by atoms with E-state index in [-0.39, 0.29) is 15.4 Å². The van der Waals surface area contributed by atoms with Crippen molar-refractivity contribution in [3.8, 4) is 0 Å². The summed E-state index contributed by atoms with van der Waals surface area (Å²) in [5.41, 5.74) is 0.0522. The lowest BCUT2D eigenvalue weighted by atomic mass is 10.2. The summed E-state index contributed by atoms with van der Waals surface area (Å²) >= 11 is 0. The summed E-state index contributed by atoms with van der Waals surface area (Å²) in [7, 11) is -3.64. The molecule has 0 heterocycles. The minimum absolute atomic E-state index is 0.0128. The first kappa shape index (κ1) is 11.5. The Morgan fingerprint density at radius 1 is 0.824 bits per heavy atom. The second-order valence-corrected chi connectivity index (χ2v) is 5.33. The molecule has 0 unspecified atom stereocenters. The lowest BCUT2D eigenvalue weighted by Gasteiger charge is -2.05. The minimum atomic E-state index is -3.64. The highest BCUT2D eigenvalue weighted by Gasteiger charge is 2.20.